The van der Waals surface area contributed by atoms with Crippen LogP contribution in [0.25, 0.3) is 11.3 Å². The molecular formula is C18H16FN3O. The largest absolute Gasteiger partial charge is 0.323 e. The molecule has 0 bridgehead atoms. The van der Waals surface area contributed by atoms with E-state index in [1.807, 2.05) is 38.1 Å². The molecule has 0 radical (unpaired) electrons. The van der Waals surface area contributed by atoms with Gasteiger partial charge in [0.05, 0.1) is 11.4 Å². The predicted molar refractivity (Wildman–Crippen MR) is 89.5 cm³/mol. The standard InChI is InChI=1S/C18H16FN3O/c1-11-4-3-5-13(8-11)15-10-17(23)22-18(20-15)21-16-9-12(2)6-7-14(16)19/h3-10H,1-2H3,(H2,20,21,22,23). The summed E-state index contributed by atoms with van der Waals surface area (Å²) in [5, 5.41) is 2.84. The van der Waals surface area contributed by atoms with Crippen LogP contribution in [0.5, 0.6) is 0 Å². The molecule has 2 aromatic carbocycles. The number of anilines is 2. The van der Waals surface area contributed by atoms with E-state index in [-0.39, 0.29) is 17.2 Å². The molecule has 0 aliphatic rings. The highest BCUT2D eigenvalue weighted by Gasteiger charge is 2.07. The lowest BCUT2D eigenvalue weighted by Crippen LogP contribution is -2.11. The topological polar surface area (TPSA) is 57.8 Å². The summed E-state index contributed by atoms with van der Waals surface area (Å²) in [6, 6.07) is 13.8. The van der Waals surface area contributed by atoms with Crippen LogP contribution in [-0.2, 0) is 0 Å². The van der Waals surface area contributed by atoms with Crippen LogP contribution in [0, 0.1) is 19.7 Å². The van der Waals surface area contributed by atoms with Gasteiger partial charge in [0.1, 0.15) is 5.82 Å². The van der Waals surface area contributed by atoms with E-state index < -0.39 is 5.82 Å². The van der Waals surface area contributed by atoms with E-state index in [1.54, 1.807) is 12.1 Å². The van der Waals surface area contributed by atoms with Crippen LogP contribution in [0.15, 0.2) is 53.3 Å². The SMILES string of the molecule is Cc1cccc(-c2cc(=O)[nH]c(Nc3cc(C)ccc3F)n2)c1. The molecule has 4 nitrogen and oxygen atoms in total. The van der Waals surface area contributed by atoms with Gasteiger partial charge in [0.2, 0.25) is 5.95 Å². The van der Waals surface area contributed by atoms with E-state index in [1.165, 1.54) is 12.1 Å². The van der Waals surface area contributed by atoms with Gasteiger partial charge in [0, 0.05) is 11.6 Å². The third-order valence-corrected chi connectivity index (χ3v) is 3.43. The normalized spacial score (nSPS) is 10.6. The van der Waals surface area contributed by atoms with Crippen LogP contribution in [0.3, 0.4) is 0 Å². The van der Waals surface area contributed by atoms with Crippen molar-refractivity contribution in [2.75, 3.05) is 5.32 Å². The molecule has 3 aromatic rings. The van der Waals surface area contributed by atoms with Crippen molar-refractivity contribution in [3.8, 4) is 11.3 Å². The fourth-order valence-electron chi connectivity index (χ4n) is 2.33. The van der Waals surface area contributed by atoms with Crippen molar-refractivity contribution in [2.24, 2.45) is 0 Å². The molecule has 1 heterocycles. The summed E-state index contributed by atoms with van der Waals surface area (Å²) in [5.74, 6) is -0.197. The summed E-state index contributed by atoms with van der Waals surface area (Å²) in [5.41, 5.74) is 3.33. The van der Waals surface area contributed by atoms with Gasteiger partial charge in [-0.2, -0.15) is 0 Å². The summed E-state index contributed by atoms with van der Waals surface area (Å²) in [4.78, 5) is 18.8. The Kier molecular flexibility index (Phi) is 3.93. The summed E-state index contributed by atoms with van der Waals surface area (Å²) < 4.78 is 13.8. The number of hydrogen-bond acceptors (Lipinski definition) is 3. The lowest BCUT2D eigenvalue weighted by Gasteiger charge is -2.09. The number of rotatable bonds is 3. The van der Waals surface area contributed by atoms with Crippen LogP contribution < -0.4 is 10.9 Å². The number of aromatic amines is 1. The van der Waals surface area contributed by atoms with Crippen molar-refractivity contribution in [3.05, 3.63) is 75.8 Å². The third-order valence-electron chi connectivity index (χ3n) is 3.43. The van der Waals surface area contributed by atoms with Crippen LogP contribution in [0.2, 0.25) is 0 Å². The second kappa shape index (κ2) is 6.04. The Labute approximate surface area is 133 Å². The third kappa shape index (κ3) is 3.45. The zero-order valence-electron chi connectivity index (χ0n) is 12.9. The minimum atomic E-state index is -0.404. The zero-order valence-corrected chi connectivity index (χ0v) is 12.9. The van der Waals surface area contributed by atoms with Crippen LogP contribution in [0.4, 0.5) is 16.0 Å². The van der Waals surface area contributed by atoms with Gasteiger partial charge in [0.25, 0.3) is 5.56 Å². The number of H-pyrrole nitrogens is 1. The van der Waals surface area contributed by atoms with Gasteiger partial charge >= 0.3 is 0 Å². The molecule has 0 saturated heterocycles. The fourth-order valence-corrected chi connectivity index (χ4v) is 2.33. The van der Waals surface area contributed by atoms with Crippen molar-refractivity contribution < 1.29 is 4.39 Å². The molecule has 5 heteroatoms. The maximum atomic E-state index is 13.8. The Morgan fingerprint density at radius 1 is 1.04 bits per heavy atom. The molecule has 0 amide bonds. The van der Waals surface area contributed by atoms with Gasteiger partial charge in [-0.15, -0.1) is 0 Å². The molecule has 0 saturated carbocycles. The molecule has 116 valence electrons. The van der Waals surface area contributed by atoms with Gasteiger partial charge in [0.15, 0.2) is 0 Å². The van der Waals surface area contributed by atoms with E-state index in [4.69, 9.17) is 0 Å². The monoisotopic (exact) mass is 309 g/mol. The first-order valence-corrected chi connectivity index (χ1v) is 7.23. The molecule has 23 heavy (non-hydrogen) atoms. The molecule has 0 fully saturated rings. The summed E-state index contributed by atoms with van der Waals surface area (Å²) in [7, 11) is 0. The molecule has 0 aliphatic carbocycles. The van der Waals surface area contributed by atoms with E-state index in [9.17, 15) is 9.18 Å². The maximum absolute atomic E-state index is 13.8. The Balaban J connectivity index is 2.01. The molecule has 0 atom stereocenters. The lowest BCUT2D eigenvalue weighted by molar-refractivity contribution is 0.631. The smallest absolute Gasteiger partial charge is 0.252 e. The van der Waals surface area contributed by atoms with Gasteiger partial charge < -0.3 is 5.32 Å². The van der Waals surface area contributed by atoms with Crippen LogP contribution >= 0.6 is 0 Å². The van der Waals surface area contributed by atoms with E-state index in [2.05, 4.69) is 15.3 Å². The Hall–Kier alpha value is -2.95. The molecule has 3 rings (SSSR count). The number of halogens is 1. The highest BCUT2D eigenvalue weighted by Crippen LogP contribution is 2.21. The van der Waals surface area contributed by atoms with Crippen molar-refractivity contribution >= 4 is 11.6 Å². The van der Waals surface area contributed by atoms with Gasteiger partial charge in [-0.25, -0.2) is 9.37 Å². The van der Waals surface area contributed by atoms with Crippen LogP contribution in [0.1, 0.15) is 11.1 Å². The average Bonchev–Trinajstić information content (AvgIpc) is 2.50. The van der Waals surface area contributed by atoms with Crippen molar-refractivity contribution in [1.82, 2.24) is 9.97 Å². The summed E-state index contributed by atoms with van der Waals surface area (Å²) >= 11 is 0. The first-order chi connectivity index (χ1) is 11.0. The quantitative estimate of drug-likeness (QED) is 0.770. The molecule has 0 aliphatic heterocycles. The first kappa shape index (κ1) is 15.0. The zero-order chi connectivity index (χ0) is 16.4. The number of nitrogens with one attached hydrogen (secondary N) is 2. The summed E-state index contributed by atoms with van der Waals surface area (Å²) in [6.45, 7) is 3.84. The Bertz CT molecular complexity index is 918. The van der Waals surface area contributed by atoms with E-state index in [0.717, 1.165) is 16.7 Å². The van der Waals surface area contributed by atoms with Crippen molar-refractivity contribution in [3.63, 3.8) is 0 Å². The van der Waals surface area contributed by atoms with Gasteiger partial charge in [-0.1, -0.05) is 29.8 Å². The molecule has 0 unspecified atom stereocenters. The maximum Gasteiger partial charge on any atom is 0.252 e. The highest BCUT2D eigenvalue weighted by molar-refractivity contribution is 5.63. The number of benzene rings is 2. The minimum absolute atomic E-state index is 0.207. The van der Waals surface area contributed by atoms with Crippen LogP contribution in [-0.4, -0.2) is 9.97 Å². The lowest BCUT2D eigenvalue weighted by atomic mass is 10.1. The average molecular weight is 309 g/mol. The number of aromatic nitrogens is 2. The van der Waals surface area contributed by atoms with E-state index >= 15 is 0 Å². The van der Waals surface area contributed by atoms with Gasteiger partial charge in [-0.3, -0.25) is 9.78 Å². The molecule has 0 spiro atoms. The summed E-state index contributed by atoms with van der Waals surface area (Å²) in [6.07, 6.45) is 0. The number of hydrogen-bond donors (Lipinski definition) is 2. The molecule has 2 N–H and O–H groups in total. The highest BCUT2D eigenvalue weighted by atomic mass is 19.1. The Morgan fingerprint density at radius 3 is 2.61 bits per heavy atom. The minimum Gasteiger partial charge on any atom is -0.323 e. The van der Waals surface area contributed by atoms with Crippen molar-refractivity contribution in [1.29, 1.82) is 0 Å². The fraction of sp³-hybridized carbons (Fsp3) is 0.111. The Morgan fingerprint density at radius 2 is 1.83 bits per heavy atom. The van der Waals surface area contributed by atoms with E-state index in [0.29, 0.717) is 5.69 Å². The number of nitrogens with zero attached hydrogens (tertiary/aromatic N) is 1. The molecule has 1 aromatic heterocycles. The predicted octanol–water partition coefficient (Wildman–Crippen LogP) is 3.94. The second-order valence-electron chi connectivity index (χ2n) is 5.46. The second-order valence-corrected chi connectivity index (χ2v) is 5.46. The van der Waals surface area contributed by atoms with Crippen molar-refractivity contribution in [2.45, 2.75) is 13.8 Å². The number of aryl methyl sites for hydroxylation is 2. The first-order valence-electron chi connectivity index (χ1n) is 7.23. The molecular weight excluding hydrogens is 293 g/mol. The van der Waals surface area contributed by atoms with Gasteiger partial charge in [-0.05, 0) is 37.6 Å².